The Hall–Kier alpha value is -2.85. The Bertz CT molecular complexity index is 1150. The van der Waals surface area contributed by atoms with E-state index in [2.05, 4.69) is 0 Å². The summed E-state index contributed by atoms with van der Waals surface area (Å²) < 4.78 is 16.5. The first-order valence-electron chi connectivity index (χ1n) is 11.9. The van der Waals surface area contributed by atoms with Crippen molar-refractivity contribution in [3.8, 4) is 0 Å². The molecule has 8 atom stereocenters. The second-order valence-electron chi connectivity index (χ2n) is 11.1. The highest BCUT2D eigenvalue weighted by atomic mass is 16.6. The minimum Gasteiger partial charge on any atom is -0.461 e. The van der Waals surface area contributed by atoms with E-state index in [0.717, 1.165) is 13.0 Å². The van der Waals surface area contributed by atoms with Crippen LogP contribution in [0.15, 0.2) is 23.3 Å². The maximum atomic E-state index is 14.1. The molecule has 196 valence electrons. The standard InChI is InChI=1S/C26H32O10/c1-11-8-17-24(32,21(11)31)9-16(10-34-13(3)27)19(30)18-20-23(6,7)26(20,36-15(5)29)22(35-14(4)28)12(2)25(17,18)33/h8-9,12,17-18,20,22,32-33H,10H2,1-7H3. The molecule has 36 heavy (non-hydrogen) atoms. The molecule has 4 rings (SSSR count). The van der Waals surface area contributed by atoms with Crippen LogP contribution < -0.4 is 0 Å². The molecule has 0 radical (unpaired) electrons. The van der Waals surface area contributed by atoms with Crippen LogP contribution in [0.25, 0.3) is 0 Å². The molecule has 0 amide bonds. The van der Waals surface area contributed by atoms with E-state index >= 15 is 0 Å². The van der Waals surface area contributed by atoms with Gasteiger partial charge in [0.2, 0.25) is 0 Å². The summed E-state index contributed by atoms with van der Waals surface area (Å²) in [6.45, 7) is 9.57. The van der Waals surface area contributed by atoms with Crippen LogP contribution in [-0.2, 0) is 38.2 Å². The average Bonchev–Trinajstić information content (AvgIpc) is 3.15. The smallest absolute Gasteiger partial charge is 0.303 e. The van der Waals surface area contributed by atoms with Crippen LogP contribution in [-0.4, -0.2) is 69.2 Å². The lowest BCUT2D eigenvalue weighted by Gasteiger charge is -2.52. The zero-order valence-corrected chi connectivity index (χ0v) is 21.4. The van der Waals surface area contributed by atoms with Crippen molar-refractivity contribution in [2.24, 2.45) is 29.1 Å². The molecule has 0 aromatic carbocycles. The molecule has 0 spiro atoms. The third-order valence-corrected chi connectivity index (χ3v) is 8.74. The molecule has 0 aromatic rings. The molecule has 2 N–H and O–H groups in total. The molecule has 10 heteroatoms. The maximum absolute atomic E-state index is 14.1. The van der Waals surface area contributed by atoms with Gasteiger partial charge < -0.3 is 24.4 Å². The SMILES string of the molecule is CC(=O)OCC1=CC2(O)C(=O)C(C)=CC2C2(O)C(C)C(OC(C)=O)C3(OC(C)=O)C(C2C1=O)C3(C)C. The number of esters is 3. The van der Waals surface area contributed by atoms with Crippen LogP contribution in [0.1, 0.15) is 48.5 Å². The van der Waals surface area contributed by atoms with Gasteiger partial charge in [-0.15, -0.1) is 0 Å². The number of hydrogen-bond acceptors (Lipinski definition) is 10. The van der Waals surface area contributed by atoms with Gasteiger partial charge in [0.05, 0.1) is 11.5 Å². The number of ketones is 2. The van der Waals surface area contributed by atoms with Crippen molar-refractivity contribution in [2.75, 3.05) is 6.61 Å². The summed E-state index contributed by atoms with van der Waals surface area (Å²) in [5, 5.41) is 24.2. The second kappa shape index (κ2) is 7.82. The fraction of sp³-hybridized carbons (Fsp3) is 0.654. The molecule has 0 saturated heterocycles. The average molecular weight is 505 g/mol. The van der Waals surface area contributed by atoms with Gasteiger partial charge in [0.25, 0.3) is 0 Å². The lowest BCUT2D eigenvalue weighted by Crippen LogP contribution is -2.67. The predicted molar refractivity (Wildman–Crippen MR) is 122 cm³/mol. The predicted octanol–water partition coefficient (Wildman–Crippen LogP) is 0.821. The first kappa shape index (κ1) is 26.2. The quantitative estimate of drug-likeness (QED) is 0.415. The molecule has 2 saturated carbocycles. The fourth-order valence-corrected chi connectivity index (χ4v) is 7.25. The van der Waals surface area contributed by atoms with Gasteiger partial charge in [-0.2, -0.15) is 0 Å². The number of rotatable bonds is 4. The van der Waals surface area contributed by atoms with Gasteiger partial charge in [0, 0.05) is 49.5 Å². The van der Waals surface area contributed by atoms with E-state index < -0.39 is 88.1 Å². The number of aliphatic hydroxyl groups is 2. The van der Waals surface area contributed by atoms with E-state index in [-0.39, 0.29) is 11.1 Å². The fourth-order valence-electron chi connectivity index (χ4n) is 7.25. The highest BCUT2D eigenvalue weighted by Crippen LogP contribution is 2.76. The summed E-state index contributed by atoms with van der Waals surface area (Å²) in [5.74, 6) is -7.78. The topological polar surface area (TPSA) is 154 Å². The van der Waals surface area contributed by atoms with Gasteiger partial charge in [-0.05, 0) is 18.6 Å². The largest absolute Gasteiger partial charge is 0.461 e. The van der Waals surface area contributed by atoms with Crippen LogP contribution >= 0.6 is 0 Å². The molecular weight excluding hydrogens is 472 g/mol. The summed E-state index contributed by atoms with van der Waals surface area (Å²) in [6.07, 6.45) is 1.34. The van der Waals surface area contributed by atoms with Crippen LogP contribution in [0, 0.1) is 29.1 Å². The highest BCUT2D eigenvalue weighted by Gasteiger charge is 2.89. The number of Topliss-reactive ketones (excluding diaryl/α,β-unsaturated/α-hetero) is 2. The molecule has 10 nitrogen and oxygen atoms in total. The lowest BCUT2D eigenvalue weighted by atomic mass is 9.58. The maximum Gasteiger partial charge on any atom is 0.303 e. The van der Waals surface area contributed by atoms with E-state index in [4.69, 9.17) is 14.2 Å². The molecule has 4 aliphatic rings. The van der Waals surface area contributed by atoms with E-state index in [1.54, 1.807) is 20.8 Å². The van der Waals surface area contributed by atoms with E-state index in [1.165, 1.54) is 26.8 Å². The Labute approximate surface area is 208 Å². The van der Waals surface area contributed by atoms with E-state index in [0.29, 0.717) is 0 Å². The minimum absolute atomic E-state index is 0.146. The normalized spacial score (nSPS) is 42.1. The zero-order chi connectivity index (χ0) is 27.2. The number of ether oxygens (including phenoxy) is 3. The van der Waals surface area contributed by atoms with Crippen LogP contribution in [0.4, 0.5) is 0 Å². The lowest BCUT2D eigenvalue weighted by molar-refractivity contribution is -0.228. The van der Waals surface area contributed by atoms with Gasteiger partial charge >= 0.3 is 17.9 Å². The summed E-state index contributed by atoms with van der Waals surface area (Å²) in [6, 6.07) is 0. The van der Waals surface area contributed by atoms with Crippen LogP contribution in [0.2, 0.25) is 0 Å². The summed E-state index contributed by atoms with van der Waals surface area (Å²) in [4.78, 5) is 63.2. The Morgan fingerprint density at radius 2 is 1.64 bits per heavy atom. The first-order chi connectivity index (χ1) is 16.5. The van der Waals surface area contributed by atoms with Crippen molar-refractivity contribution in [2.45, 2.75) is 71.4 Å². The monoisotopic (exact) mass is 504 g/mol. The van der Waals surface area contributed by atoms with Crippen LogP contribution in [0.5, 0.6) is 0 Å². The molecule has 8 unspecified atom stereocenters. The number of carbonyl (C=O) groups excluding carboxylic acids is 5. The van der Waals surface area contributed by atoms with Gasteiger partial charge in [0.15, 0.2) is 22.8 Å². The van der Waals surface area contributed by atoms with Crippen LogP contribution in [0.3, 0.4) is 0 Å². The van der Waals surface area contributed by atoms with Crippen molar-refractivity contribution in [1.29, 1.82) is 0 Å². The van der Waals surface area contributed by atoms with Crippen molar-refractivity contribution in [3.05, 3.63) is 23.3 Å². The molecule has 2 fully saturated rings. The Balaban J connectivity index is 1.99. The van der Waals surface area contributed by atoms with E-state index in [9.17, 15) is 34.2 Å². The van der Waals surface area contributed by atoms with Gasteiger partial charge in [0.1, 0.15) is 12.7 Å². The summed E-state index contributed by atoms with van der Waals surface area (Å²) in [7, 11) is 0. The van der Waals surface area contributed by atoms with Crippen molar-refractivity contribution >= 4 is 29.5 Å². The van der Waals surface area contributed by atoms with Crippen molar-refractivity contribution < 1.29 is 48.4 Å². The van der Waals surface area contributed by atoms with Gasteiger partial charge in [-0.3, -0.25) is 24.0 Å². The van der Waals surface area contributed by atoms with E-state index in [1.807, 2.05) is 0 Å². The summed E-state index contributed by atoms with van der Waals surface area (Å²) in [5.41, 5.74) is -6.71. The molecule has 0 aliphatic heterocycles. The Morgan fingerprint density at radius 3 is 2.17 bits per heavy atom. The second-order valence-corrected chi connectivity index (χ2v) is 11.1. The molecule has 0 heterocycles. The zero-order valence-electron chi connectivity index (χ0n) is 21.4. The third-order valence-electron chi connectivity index (χ3n) is 8.74. The number of fused-ring (bicyclic) bond motifs is 5. The third kappa shape index (κ3) is 3.13. The minimum atomic E-state index is -2.30. The molecule has 4 aliphatic carbocycles. The van der Waals surface area contributed by atoms with Gasteiger partial charge in [-0.1, -0.05) is 26.8 Å². The van der Waals surface area contributed by atoms with Crippen molar-refractivity contribution in [3.63, 3.8) is 0 Å². The molecular formula is C26H32O10. The molecule has 0 bridgehead atoms. The molecule has 0 aromatic heterocycles. The number of carbonyl (C=O) groups is 5. The highest BCUT2D eigenvalue weighted by molar-refractivity contribution is 6.09. The Morgan fingerprint density at radius 1 is 1.03 bits per heavy atom. The Kier molecular flexibility index (Phi) is 5.70. The summed E-state index contributed by atoms with van der Waals surface area (Å²) >= 11 is 0. The first-order valence-corrected chi connectivity index (χ1v) is 11.9. The van der Waals surface area contributed by atoms with Crippen molar-refractivity contribution in [1.82, 2.24) is 0 Å². The number of hydrogen-bond donors (Lipinski definition) is 2. The van der Waals surface area contributed by atoms with Gasteiger partial charge in [-0.25, -0.2) is 0 Å².